The van der Waals surface area contributed by atoms with Crippen molar-refractivity contribution in [1.29, 1.82) is 0 Å². The zero-order chi connectivity index (χ0) is 12.3. The smallest absolute Gasteiger partial charge is 0.0897 e. The van der Waals surface area contributed by atoms with Crippen LogP contribution in [0.1, 0.15) is 19.8 Å². The van der Waals surface area contributed by atoms with Gasteiger partial charge in [-0.2, -0.15) is 0 Å². The predicted molar refractivity (Wildman–Crippen MR) is 65.2 cm³/mol. The second-order valence-electron chi connectivity index (χ2n) is 4.25. The summed E-state index contributed by atoms with van der Waals surface area (Å²) in [7, 11) is 0. The van der Waals surface area contributed by atoms with Crippen LogP contribution in [0.15, 0.2) is 0 Å². The number of nitrogens with one attached hydrogen (secondary N) is 1. The molecule has 0 bridgehead atoms. The molecule has 1 rings (SSSR count). The summed E-state index contributed by atoms with van der Waals surface area (Å²) in [5, 5.41) is 13.0. The molecule has 1 heterocycles. The number of ether oxygens (including phenoxy) is 3. The van der Waals surface area contributed by atoms with Gasteiger partial charge < -0.3 is 24.6 Å². The van der Waals surface area contributed by atoms with Crippen LogP contribution in [0.25, 0.3) is 0 Å². The van der Waals surface area contributed by atoms with E-state index in [0.717, 1.165) is 26.1 Å². The average molecular weight is 247 g/mol. The molecule has 0 amide bonds. The van der Waals surface area contributed by atoms with E-state index in [9.17, 15) is 5.11 Å². The van der Waals surface area contributed by atoms with Gasteiger partial charge in [0.1, 0.15) is 0 Å². The van der Waals surface area contributed by atoms with Crippen LogP contribution in [0.3, 0.4) is 0 Å². The summed E-state index contributed by atoms with van der Waals surface area (Å²) in [6.45, 7) is 6.31. The van der Waals surface area contributed by atoms with Crippen LogP contribution in [-0.4, -0.2) is 63.4 Å². The summed E-state index contributed by atoms with van der Waals surface area (Å²) >= 11 is 0. The summed E-state index contributed by atoms with van der Waals surface area (Å²) in [6, 6.07) is 0.377. The van der Waals surface area contributed by atoms with Crippen molar-refractivity contribution in [3.63, 3.8) is 0 Å². The van der Waals surface area contributed by atoms with E-state index in [1.54, 1.807) is 0 Å². The van der Waals surface area contributed by atoms with Crippen molar-refractivity contribution in [1.82, 2.24) is 5.32 Å². The predicted octanol–water partition coefficient (Wildman–Crippen LogP) is 0.169. The molecule has 17 heavy (non-hydrogen) atoms. The minimum absolute atomic E-state index is 0.355. The molecule has 0 aliphatic carbocycles. The van der Waals surface area contributed by atoms with E-state index in [4.69, 9.17) is 14.2 Å². The molecule has 2 unspecified atom stereocenters. The van der Waals surface area contributed by atoms with E-state index in [-0.39, 0.29) is 0 Å². The van der Waals surface area contributed by atoms with Crippen molar-refractivity contribution in [2.75, 3.05) is 46.2 Å². The number of rotatable bonds is 9. The van der Waals surface area contributed by atoms with E-state index >= 15 is 0 Å². The molecule has 0 aromatic heterocycles. The Morgan fingerprint density at radius 1 is 1.41 bits per heavy atom. The van der Waals surface area contributed by atoms with Gasteiger partial charge in [-0.1, -0.05) is 0 Å². The van der Waals surface area contributed by atoms with Gasteiger partial charge in [0.25, 0.3) is 0 Å². The fourth-order valence-electron chi connectivity index (χ4n) is 1.74. The fourth-order valence-corrected chi connectivity index (χ4v) is 1.74. The number of aliphatic hydroxyl groups excluding tert-OH is 1. The Kier molecular flexibility index (Phi) is 8.56. The van der Waals surface area contributed by atoms with Crippen LogP contribution in [0.4, 0.5) is 0 Å². The average Bonchev–Trinajstić information content (AvgIpc) is 2.37. The van der Waals surface area contributed by atoms with Gasteiger partial charge in [0.2, 0.25) is 0 Å². The van der Waals surface area contributed by atoms with Crippen molar-refractivity contribution in [2.45, 2.75) is 31.9 Å². The van der Waals surface area contributed by atoms with E-state index in [0.29, 0.717) is 39.0 Å². The Labute approximate surface area is 103 Å². The first kappa shape index (κ1) is 14.9. The van der Waals surface area contributed by atoms with Crippen LogP contribution in [0.2, 0.25) is 0 Å². The molecule has 1 aliphatic heterocycles. The molecule has 102 valence electrons. The van der Waals surface area contributed by atoms with E-state index in [1.165, 1.54) is 0 Å². The lowest BCUT2D eigenvalue weighted by molar-refractivity contribution is 0.00245. The first-order chi connectivity index (χ1) is 8.33. The highest BCUT2D eigenvalue weighted by atomic mass is 16.5. The van der Waals surface area contributed by atoms with Crippen LogP contribution in [-0.2, 0) is 14.2 Å². The molecule has 0 aromatic carbocycles. The second kappa shape index (κ2) is 9.79. The Bertz CT molecular complexity index is 174. The monoisotopic (exact) mass is 247 g/mol. The van der Waals surface area contributed by atoms with Gasteiger partial charge in [-0.25, -0.2) is 0 Å². The van der Waals surface area contributed by atoms with Crippen molar-refractivity contribution in [2.24, 2.45) is 0 Å². The Morgan fingerprint density at radius 2 is 2.24 bits per heavy atom. The molecule has 5 nitrogen and oxygen atoms in total. The minimum Gasteiger partial charge on any atom is -0.389 e. The summed E-state index contributed by atoms with van der Waals surface area (Å²) in [5.41, 5.74) is 0. The number of hydrogen-bond donors (Lipinski definition) is 2. The number of aliphatic hydroxyl groups is 1. The summed E-state index contributed by atoms with van der Waals surface area (Å²) in [4.78, 5) is 0. The molecule has 1 fully saturated rings. The topological polar surface area (TPSA) is 60.0 Å². The molecule has 0 aromatic rings. The van der Waals surface area contributed by atoms with Crippen molar-refractivity contribution >= 4 is 0 Å². The third-order valence-electron chi connectivity index (χ3n) is 2.69. The zero-order valence-corrected chi connectivity index (χ0v) is 10.7. The molecule has 0 saturated carbocycles. The maximum Gasteiger partial charge on any atom is 0.0897 e. The molecule has 1 saturated heterocycles. The van der Waals surface area contributed by atoms with Gasteiger partial charge in [-0.15, -0.1) is 0 Å². The van der Waals surface area contributed by atoms with Gasteiger partial charge in [0.05, 0.1) is 32.5 Å². The summed E-state index contributed by atoms with van der Waals surface area (Å²) in [6.07, 6.45) is 1.76. The lowest BCUT2D eigenvalue weighted by Gasteiger charge is -2.24. The Morgan fingerprint density at radius 3 is 2.94 bits per heavy atom. The minimum atomic E-state index is -0.460. The fraction of sp³-hybridized carbons (Fsp3) is 1.00. The van der Waals surface area contributed by atoms with Crippen LogP contribution in [0, 0.1) is 0 Å². The van der Waals surface area contributed by atoms with Crippen LogP contribution < -0.4 is 5.32 Å². The van der Waals surface area contributed by atoms with E-state index < -0.39 is 6.10 Å². The largest absolute Gasteiger partial charge is 0.389 e. The molecular weight excluding hydrogens is 222 g/mol. The SMILES string of the molecule is CCOCCOCC(O)CNC1CCCOC1. The van der Waals surface area contributed by atoms with E-state index in [2.05, 4.69) is 5.32 Å². The normalized spacial score (nSPS) is 22.6. The lowest BCUT2D eigenvalue weighted by Crippen LogP contribution is -2.42. The molecule has 5 heteroatoms. The third kappa shape index (κ3) is 7.68. The molecular formula is C12H25NO4. The summed E-state index contributed by atoms with van der Waals surface area (Å²) < 4.78 is 15.8. The zero-order valence-electron chi connectivity index (χ0n) is 10.7. The third-order valence-corrected chi connectivity index (χ3v) is 2.69. The van der Waals surface area contributed by atoms with Crippen molar-refractivity contribution in [3.8, 4) is 0 Å². The molecule has 2 atom stereocenters. The van der Waals surface area contributed by atoms with Gasteiger partial charge >= 0.3 is 0 Å². The quantitative estimate of drug-likeness (QED) is 0.569. The standard InChI is InChI=1S/C12H25NO4/c1-2-15-6-7-17-10-12(14)8-13-11-4-3-5-16-9-11/h11-14H,2-10H2,1H3. The Balaban J connectivity index is 1.91. The highest BCUT2D eigenvalue weighted by Gasteiger charge is 2.14. The van der Waals surface area contributed by atoms with Gasteiger partial charge in [-0.05, 0) is 19.8 Å². The first-order valence-corrected chi connectivity index (χ1v) is 6.47. The van der Waals surface area contributed by atoms with Crippen LogP contribution in [0.5, 0.6) is 0 Å². The van der Waals surface area contributed by atoms with Crippen molar-refractivity contribution < 1.29 is 19.3 Å². The van der Waals surface area contributed by atoms with Crippen molar-refractivity contribution in [3.05, 3.63) is 0 Å². The van der Waals surface area contributed by atoms with Gasteiger partial charge in [0, 0.05) is 25.8 Å². The molecule has 2 N–H and O–H groups in total. The van der Waals surface area contributed by atoms with Gasteiger partial charge in [-0.3, -0.25) is 0 Å². The summed E-state index contributed by atoms with van der Waals surface area (Å²) in [5.74, 6) is 0. The molecule has 0 radical (unpaired) electrons. The maximum atomic E-state index is 9.67. The number of hydrogen-bond acceptors (Lipinski definition) is 5. The second-order valence-corrected chi connectivity index (χ2v) is 4.25. The Hall–Kier alpha value is -0.200. The maximum absolute atomic E-state index is 9.67. The molecule has 0 spiro atoms. The first-order valence-electron chi connectivity index (χ1n) is 6.47. The lowest BCUT2D eigenvalue weighted by atomic mass is 10.1. The highest BCUT2D eigenvalue weighted by molar-refractivity contribution is 4.71. The highest BCUT2D eigenvalue weighted by Crippen LogP contribution is 2.05. The van der Waals surface area contributed by atoms with E-state index in [1.807, 2.05) is 6.92 Å². The molecule has 1 aliphatic rings. The van der Waals surface area contributed by atoms with Crippen LogP contribution >= 0.6 is 0 Å². The van der Waals surface area contributed by atoms with Gasteiger partial charge in [0.15, 0.2) is 0 Å².